The molecule has 2 heterocycles. The molecule has 108 valence electrons. The summed E-state index contributed by atoms with van der Waals surface area (Å²) in [5.41, 5.74) is 7.68. The van der Waals surface area contributed by atoms with Gasteiger partial charge in [0.2, 0.25) is 6.79 Å². The number of rotatable bonds is 3. The first-order valence-corrected chi connectivity index (χ1v) is 6.89. The Morgan fingerprint density at radius 3 is 2.86 bits per heavy atom. The fourth-order valence-electron chi connectivity index (χ4n) is 2.51. The minimum atomic E-state index is -0.169. The molecule has 6 heteroatoms. The number of ether oxygens (including phenoxy) is 2. The van der Waals surface area contributed by atoms with Crippen molar-refractivity contribution < 1.29 is 14.3 Å². The average Bonchev–Trinajstić information content (AvgIpc) is 3.07. The highest BCUT2D eigenvalue weighted by Crippen LogP contribution is 2.38. The molecule has 0 unspecified atom stereocenters. The SMILES string of the molecule is Nc1cc(C(=O)Nc2ccc3c(c2)OCO3)n(C2CC2)c1. The van der Waals surface area contributed by atoms with Crippen molar-refractivity contribution in [2.45, 2.75) is 18.9 Å². The number of carbonyl (C=O) groups is 1. The molecule has 3 N–H and O–H groups in total. The summed E-state index contributed by atoms with van der Waals surface area (Å²) in [4.78, 5) is 12.4. The number of nitrogens with zero attached hydrogens (tertiary/aromatic N) is 1. The molecule has 6 nitrogen and oxygen atoms in total. The van der Waals surface area contributed by atoms with E-state index in [-0.39, 0.29) is 12.7 Å². The van der Waals surface area contributed by atoms with Crippen LogP contribution in [-0.4, -0.2) is 17.3 Å². The quantitative estimate of drug-likeness (QED) is 0.907. The Balaban J connectivity index is 1.58. The van der Waals surface area contributed by atoms with E-state index in [0.717, 1.165) is 12.8 Å². The van der Waals surface area contributed by atoms with E-state index in [0.29, 0.717) is 34.6 Å². The van der Waals surface area contributed by atoms with Gasteiger partial charge in [-0.25, -0.2) is 0 Å². The van der Waals surface area contributed by atoms with Gasteiger partial charge in [0, 0.05) is 24.0 Å². The summed E-state index contributed by atoms with van der Waals surface area (Å²) < 4.78 is 12.5. The van der Waals surface area contributed by atoms with Gasteiger partial charge in [-0.3, -0.25) is 4.79 Å². The van der Waals surface area contributed by atoms with E-state index in [1.165, 1.54) is 0 Å². The lowest BCUT2D eigenvalue weighted by Gasteiger charge is -2.09. The van der Waals surface area contributed by atoms with Crippen LogP contribution < -0.4 is 20.5 Å². The Hall–Kier alpha value is -2.63. The Labute approximate surface area is 121 Å². The van der Waals surface area contributed by atoms with Crippen LogP contribution in [0.4, 0.5) is 11.4 Å². The van der Waals surface area contributed by atoms with E-state index < -0.39 is 0 Å². The predicted molar refractivity (Wildman–Crippen MR) is 77.6 cm³/mol. The van der Waals surface area contributed by atoms with Gasteiger partial charge in [0.1, 0.15) is 5.69 Å². The van der Waals surface area contributed by atoms with Crippen molar-refractivity contribution in [1.29, 1.82) is 0 Å². The molecule has 1 saturated carbocycles. The van der Waals surface area contributed by atoms with Gasteiger partial charge in [-0.15, -0.1) is 0 Å². The molecule has 0 atom stereocenters. The normalized spacial score (nSPS) is 16.0. The van der Waals surface area contributed by atoms with Gasteiger partial charge < -0.3 is 25.1 Å². The number of fused-ring (bicyclic) bond motifs is 1. The Kier molecular flexibility index (Phi) is 2.57. The van der Waals surface area contributed by atoms with Gasteiger partial charge in [0.05, 0.1) is 5.69 Å². The maximum absolute atomic E-state index is 12.4. The third-order valence-electron chi connectivity index (χ3n) is 3.67. The molecule has 0 bridgehead atoms. The molecular weight excluding hydrogens is 270 g/mol. The first-order valence-electron chi connectivity index (χ1n) is 6.89. The summed E-state index contributed by atoms with van der Waals surface area (Å²) in [6.07, 6.45) is 4.02. The molecule has 1 aliphatic heterocycles. The summed E-state index contributed by atoms with van der Waals surface area (Å²) in [5, 5.41) is 2.87. The number of nitrogens with two attached hydrogens (primary N) is 1. The maximum atomic E-state index is 12.4. The van der Waals surface area contributed by atoms with Crippen LogP contribution >= 0.6 is 0 Å². The molecule has 1 aliphatic carbocycles. The third-order valence-corrected chi connectivity index (χ3v) is 3.67. The fraction of sp³-hybridized carbons (Fsp3) is 0.267. The van der Waals surface area contributed by atoms with Crippen LogP contribution in [0.5, 0.6) is 11.5 Å². The lowest BCUT2D eigenvalue weighted by atomic mass is 10.2. The van der Waals surface area contributed by atoms with Crippen molar-refractivity contribution in [3.63, 3.8) is 0 Å². The summed E-state index contributed by atoms with van der Waals surface area (Å²) in [7, 11) is 0. The molecule has 21 heavy (non-hydrogen) atoms. The van der Waals surface area contributed by atoms with Gasteiger partial charge in [-0.2, -0.15) is 0 Å². The lowest BCUT2D eigenvalue weighted by Crippen LogP contribution is -2.16. The Bertz CT molecular complexity index is 719. The zero-order valence-corrected chi connectivity index (χ0v) is 11.3. The monoisotopic (exact) mass is 285 g/mol. The van der Waals surface area contributed by atoms with Crippen LogP contribution in [0.3, 0.4) is 0 Å². The van der Waals surface area contributed by atoms with Gasteiger partial charge in [-0.1, -0.05) is 0 Å². The highest BCUT2D eigenvalue weighted by Gasteiger charge is 2.28. The first-order chi connectivity index (χ1) is 10.2. The molecule has 4 rings (SSSR count). The third kappa shape index (κ3) is 2.18. The number of aromatic nitrogens is 1. The number of hydrogen-bond donors (Lipinski definition) is 2. The van der Waals surface area contributed by atoms with Crippen LogP contribution in [-0.2, 0) is 0 Å². The second-order valence-electron chi connectivity index (χ2n) is 5.32. The summed E-state index contributed by atoms with van der Waals surface area (Å²) >= 11 is 0. The maximum Gasteiger partial charge on any atom is 0.272 e. The molecule has 1 fully saturated rings. The Morgan fingerprint density at radius 2 is 2.05 bits per heavy atom. The van der Waals surface area contributed by atoms with Gasteiger partial charge in [-0.05, 0) is 31.0 Å². The average molecular weight is 285 g/mol. The number of carbonyl (C=O) groups excluding carboxylic acids is 1. The first kappa shape index (κ1) is 12.1. The molecule has 0 saturated heterocycles. The van der Waals surface area contributed by atoms with E-state index in [1.54, 1.807) is 24.3 Å². The van der Waals surface area contributed by atoms with Crippen LogP contribution in [0.1, 0.15) is 29.4 Å². The fourth-order valence-corrected chi connectivity index (χ4v) is 2.51. The number of benzene rings is 1. The van der Waals surface area contributed by atoms with E-state index >= 15 is 0 Å². The number of anilines is 2. The molecule has 2 aromatic rings. The molecule has 0 radical (unpaired) electrons. The molecule has 0 spiro atoms. The predicted octanol–water partition coefficient (Wildman–Crippen LogP) is 2.39. The van der Waals surface area contributed by atoms with Crippen molar-refractivity contribution in [2.24, 2.45) is 0 Å². The minimum Gasteiger partial charge on any atom is -0.454 e. The summed E-state index contributed by atoms with van der Waals surface area (Å²) in [6.45, 7) is 0.216. The zero-order chi connectivity index (χ0) is 14.4. The smallest absolute Gasteiger partial charge is 0.272 e. The van der Waals surface area contributed by atoms with Crippen LogP contribution in [0, 0.1) is 0 Å². The van der Waals surface area contributed by atoms with Crippen LogP contribution in [0.2, 0.25) is 0 Å². The standard InChI is InChI=1S/C15H15N3O3/c16-9-5-12(18(7-9)11-2-3-11)15(19)17-10-1-4-13-14(6-10)21-8-20-13/h1,4-7,11H,2-3,8,16H2,(H,17,19). The van der Waals surface area contributed by atoms with Crippen molar-refractivity contribution in [1.82, 2.24) is 4.57 Å². The van der Waals surface area contributed by atoms with Crippen LogP contribution in [0.15, 0.2) is 30.5 Å². The van der Waals surface area contributed by atoms with Gasteiger partial charge in [0.25, 0.3) is 5.91 Å². The van der Waals surface area contributed by atoms with Gasteiger partial charge >= 0.3 is 0 Å². The lowest BCUT2D eigenvalue weighted by molar-refractivity contribution is 0.101. The van der Waals surface area contributed by atoms with Crippen molar-refractivity contribution in [3.8, 4) is 11.5 Å². The highest BCUT2D eigenvalue weighted by atomic mass is 16.7. The molecule has 1 amide bonds. The van der Waals surface area contributed by atoms with Crippen molar-refractivity contribution in [2.75, 3.05) is 17.8 Å². The molecule has 1 aromatic carbocycles. The molecular formula is C15H15N3O3. The Morgan fingerprint density at radius 1 is 1.24 bits per heavy atom. The number of hydrogen-bond acceptors (Lipinski definition) is 4. The van der Waals surface area contributed by atoms with Gasteiger partial charge in [0.15, 0.2) is 11.5 Å². The summed E-state index contributed by atoms with van der Waals surface area (Å²) in [5.74, 6) is 1.17. The number of amides is 1. The number of nitrogen functional groups attached to an aromatic ring is 1. The largest absolute Gasteiger partial charge is 0.454 e. The second-order valence-corrected chi connectivity index (χ2v) is 5.32. The van der Waals surface area contributed by atoms with Crippen molar-refractivity contribution >= 4 is 17.3 Å². The summed E-state index contributed by atoms with van der Waals surface area (Å²) in [6, 6.07) is 7.44. The van der Waals surface area contributed by atoms with E-state index in [1.807, 2.05) is 10.8 Å². The van der Waals surface area contributed by atoms with E-state index in [9.17, 15) is 4.79 Å². The molecule has 1 aromatic heterocycles. The number of nitrogens with one attached hydrogen (secondary N) is 1. The highest BCUT2D eigenvalue weighted by molar-refractivity contribution is 6.04. The second kappa shape index (κ2) is 4.44. The van der Waals surface area contributed by atoms with E-state index in [4.69, 9.17) is 15.2 Å². The molecule has 2 aliphatic rings. The van der Waals surface area contributed by atoms with Crippen molar-refractivity contribution in [3.05, 3.63) is 36.2 Å². The minimum absolute atomic E-state index is 0.169. The van der Waals surface area contributed by atoms with E-state index in [2.05, 4.69) is 5.32 Å². The van der Waals surface area contributed by atoms with Crippen LogP contribution in [0.25, 0.3) is 0 Å². The topological polar surface area (TPSA) is 78.5 Å². The zero-order valence-electron chi connectivity index (χ0n) is 11.3.